The molecule has 1 aliphatic heterocycles. The van der Waals surface area contributed by atoms with E-state index in [0.717, 1.165) is 0 Å². The number of aliphatic hydroxyl groups is 1. The monoisotopic (exact) mass is 325 g/mol. The number of hydrogen-bond donors (Lipinski definition) is 2. The van der Waals surface area contributed by atoms with Gasteiger partial charge in [0, 0.05) is 12.1 Å². The molecule has 0 bridgehead atoms. The Balaban J connectivity index is 1.91. The number of ether oxygens (including phenoxy) is 2. The Bertz CT molecular complexity index is 676. The van der Waals surface area contributed by atoms with Gasteiger partial charge in [-0.05, 0) is 18.6 Å². The number of aromatic nitrogens is 2. The van der Waals surface area contributed by atoms with Gasteiger partial charge in [0.05, 0.1) is 31.4 Å². The van der Waals surface area contributed by atoms with Gasteiger partial charge in [-0.3, -0.25) is 0 Å². The van der Waals surface area contributed by atoms with Crippen LogP contribution in [0.15, 0.2) is 16.7 Å². The lowest BCUT2D eigenvalue weighted by Crippen LogP contribution is -2.15. The Morgan fingerprint density at radius 1 is 1.36 bits per heavy atom. The van der Waals surface area contributed by atoms with E-state index in [9.17, 15) is 5.11 Å². The van der Waals surface area contributed by atoms with Crippen molar-refractivity contribution in [1.82, 2.24) is 15.5 Å². The second-order valence-corrected chi connectivity index (χ2v) is 5.41. The third kappa shape index (κ3) is 2.75. The molecule has 2 heterocycles. The number of hydrogen-bond acceptors (Lipinski definition) is 7. The SMILES string of the molecule is COc1cc(-c2noc([C@H]3C[C@@H](O)CN3)n2)cc(Cl)c1OC. The molecule has 118 valence electrons. The lowest BCUT2D eigenvalue weighted by atomic mass is 10.2. The van der Waals surface area contributed by atoms with E-state index in [1.165, 1.54) is 14.2 Å². The van der Waals surface area contributed by atoms with Gasteiger partial charge < -0.3 is 24.4 Å². The number of nitrogens with one attached hydrogen (secondary N) is 1. The van der Waals surface area contributed by atoms with E-state index in [4.69, 9.17) is 25.6 Å². The zero-order valence-electron chi connectivity index (χ0n) is 12.2. The van der Waals surface area contributed by atoms with Crippen molar-refractivity contribution in [3.8, 4) is 22.9 Å². The minimum atomic E-state index is -0.393. The van der Waals surface area contributed by atoms with Crippen LogP contribution in [0.1, 0.15) is 18.4 Å². The largest absolute Gasteiger partial charge is 0.493 e. The molecular formula is C14H16ClN3O4. The molecule has 3 rings (SSSR count). The lowest BCUT2D eigenvalue weighted by molar-refractivity contribution is 0.191. The van der Waals surface area contributed by atoms with Crippen molar-refractivity contribution >= 4 is 11.6 Å². The van der Waals surface area contributed by atoms with E-state index in [1.54, 1.807) is 12.1 Å². The topological polar surface area (TPSA) is 89.6 Å². The highest BCUT2D eigenvalue weighted by atomic mass is 35.5. The second kappa shape index (κ2) is 6.12. The van der Waals surface area contributed by atoms with Gasteiger partial charge in [-0.2, -0.15) is 4.98 Å². The zero-order valence-corrected chi connectivity index (χ0v) is 12.9. The van der Waals surface area contributed by atoms with Crippen LogP contribution in [0, 0.1) is 0 Å². The Morgan fingerprint density at radius 3 is 2.82 bits per heavy atom. The fourth-order valence-corrected chi connectivity index (χ4v) is 2.73. The van der Waals surface area contributed by atoms with Gasteiger partial charge in [0.25, 0.3) is 0 Å². The van der Waals surface area contributed by atoms with Gasteiger partial charge in [-0.1, -0.05) is 16.8 Å². The molecule has 1 fully saturated rings. The first kappa shape index (κ1) is 15.1. The fourth-order valence-electron chi connectivity index (χ4n) is 2.45. The number of methoxy groups -OCH3 is 2. The molecule has 0 aliphatic carbocycles. The van der Waals surface area contributed by atoms with Gasteiger partial charge in [0.1, 0.15) is 0 Å². The predicted molar refractivity (Wildman–Crippen MR) is 79.2 cm³/mol. The van der Waals surface area contributed by atoms with E-state index in [2.05, 4.69) is 15.5 Å². The van der Waals surface area contributed by atoms with Crippen molar-refractivity contribution < 1.29 is 19.1 Å². The predicted octanol–water partition coefficient (Wildman–Crippen LogP) is 1.80. The van der Waals surface area contributed by atoms with Crippen molar-refractivity contribution in [2.75, 3.05) is 20.8 Å². The van der Waals surface area contributed by atoms with Gasteiger partial charge in [-0.25, -0.2) is 0 Å². The van der Waals surface area contributed by atoms with Crippen molar-refractivity contribution in [3.63, 3.8) is 0 Å². The maximum atomic E-state index is 9.55. The molecular weight excluding hydrogens is 310 g/mol. The van der Waals surface area contributed by atoms with Crippen LogP contribution in [0.3, 0.4) is 0 Å². The molecule has 8 heteroatoms. The van der Waals surface area contributed by atoms with Gasteiger partial charge in [0.2, 0.25) is 11.7 Å². The van der Waals surface area contributed by atoms with Crippen LogP contribution >= 0.6 is 11.6 Å². The summed E-state index contributed by atoms with van der Waals surface area (Å²) < 4.78 is 15.7. The minimum absolute atomic E-state index is 0.133. The molecule has 22 heavy (non-hydrogen) atoms. The van der Waals surface area contributed by atoms with Crippen molar-refractivity contribution in [1.29, 1.82) is 0 Å². The summed E-state index contributed by atoms with van der Waals surface area (Å²) in [4.78, 5) is 4.36. The Kier molecular flexibility index (Phi) is 4.19. The Morgan fingerprint density at radius 2 is 2.18 bits per heavy atom. The molecule has 2 aromatic rings. The summed E-state index contributed by atoms with van der Waals surface area (Å²) in [6, 6.07) is 3.29. The molecule has 0 unspecified atom stereocenters. The maximum Gasteiger partial charge on any atom is 0.244 e. The van der Waals surface area contributed by atoms with Crippen LogP contribution < -0.4 is 14.8 Å². The van der Waals surface area contributed by atoms with Crippen LogP contribution in [0.25, 0.3) is 11.4 Å². The van der Waals surface area contributed by atoms with Crippen LogP contribution in [0.5, 0.6) is 11.5 Å². The molecule has 1 aromatic heterocycles. The lowest BCUT2D eigenvalue weighted by Gasteiger charge is -2.10. The highest BCUT2D eigenvalue weighted by molar-refractivity contribution is 6.32. The number of aliphatic hydroxyl groups excluding tert-OH is 1. The molecule has 0 spiro atoms. The summed E-state index contributed by atoms with van der Waals surface area (Å²) in [5, 5.41) is 17.0. The average Bonchev–Trinajstić information content (AvgIpc) is 3.15. The van der Waals surface area contributed by atoms with Gasteiger partial charge in [-0.15, -0.1) is 0 Å². The number of β-amino-alcohol motifs (C(OH)–C–C–N with tert-alkyl or cyclic N) is 1. The Hall–Kier alpha value is -1.83. The first-order valence-corrected chi connectivity index (χ1v) is 7.17. The van der Waals surface area contributed by atoms with Crippen LogP contribution in [-0.2, 0) is 0 Å². The first-order valence-electron chi connectivity index (χ1n) is 6.79. The third-order valence-electron chi connectivity index (χ3n) is 3.54. The molecule has 0 amide bonds. The molecule has 2 N–H and O–H groups in total. The minimum Gasteiger partial charge on any atom is -0.493 e. The van der Waals surface area contributed by atoms with E-state index in [-0.39, 0.29) is 6.04 Å². The van der Waals surface area contributed by atoms with Crippen LogP contribution in [-0.4, -0.2) is 42.1 Å². The number of nitrogens with zero attached hydrogens (tertiary/aromatic N) is 2. The number of benzene rings is 1. The Labute approximate surface area is 132 Å². The zero-order chi connectivity index (χ0) is 15.7. The van der Waals surface area contributed by atoms with E-state index < -0.39 is 6.10 Å². The molecule has 2 atom stereocenters. The van der Waals surface area contributed by atoms with E-state index in [1.807, 2.05) is 0 Å². The molecule has 0 radical (unpaired) electrons. The van der Waals surface area contributed by atoms with Gasteiger partial charge in [0.15, 0.2) is 11.5 Å². The van der Waals surface area contributed by atoms with Crippen molar-refractivity contribution in [3.05, 3.63) is 23.0 Å². The molecule has 7 nitrogen and oxygen atoms in total. The first-order chi connectivity index (χ1) is 10.6. The van der Waals surface area contributed by atoms with Crippen molar-refractivity contribution in [2.24, 2.45) is 0 Å². The summed E-state index contributed by atoms with van der Waals surface area (Å²) >= 11 is 6.18. The summed E-state index contributed by atoms with van der Waals surface area (Å²) in [5.74, 6) is 1.79. The molecule has 1 saturated heterocycles. The molecule has 1 aromatic carbocycles. The molecule has 0 saturated carbocycles. The van der Waals surface area contributed by atoms with Crippen molar-refractivity contribution in [2.45, 2.75) is 18.6 Å². The smallest absolute Gasteiger partial charge is 0.244 e. The number of halogens is 1. The molecule has 1 aliphatic rings. The summed E-state index contributed by atoms with van der Waals surface area (Å²) in [7, 11) is 3.05. The van der Waals surface area contributed by atoms with E-state index >= 15 is 0 Å². The number of rotatable bonds is 4. The summed E-state index contributed by atoms with van der Waals surface area (Å²) in [6.45, 7) is 0.518. The summed E-state index contributed by atoms with van der Waals surface area (Å²) in [6.07, 6.45) is 0.157. The highest BCUT2D eigenvalue weighted by Gasteiger charge is 2.28. The third-order valence-corrected chi connectivity index (χ3v) is 3.82. The van der Waals surface area contributed by atoms with Crippen LogP contribution in [0.4, 0.5) is 0 Å². The highest BCUT2D eigenvalue weighted by Crippen LogP contribution is 2.38. The summed E-state index contributed by atoms with van der Waals surface area (Å²) in [5.41, 5.74) is 0.663. The standard InChI is InChI=1S/C14H16ClN3O4/c1-20-11-4-7(3-9(15)12(11)21-2)13-17-14(22-18-13)10-5-8(19)6-16-10/h3-4,8,10,16,19H,5-6H2,1-2H3/t8-,10-/m1/s1. The second-order valence-electron chi connectivity index (χ2n) is 5.00. The maximum absolute atomic E-state index is 9.55. The fraction of sp³-hybridized carbons (Fsp3) is 0.429. The normalized spacial score (nSPS) is 21.1. The van der Waals surface area contributed by atoms with Gasteiger partial charge >= 0.3 is 0 Å². The quantitative estimate of drug-likeness (QED) is 0.885. The van der Waals surface area contributed by atoms with Crippen LogP contribution in [0.2, 0.25) is 5.02 Å². The average molecular weight is 326 g/mol. The van der Waals surface area contributed by atoms with E-state index in [0.29, 0.717) is 46.8 Å².